The highest BCUT2D eigenvalue weighted by atomic mass is 16.5. The van der Waals surface area contributed by atoms with Crippen LogP contribution in [0.3, 0.4) is 0 Å². The fourth-order valence-corrected chi connectivity index (χ4v) is 3.97. The minimum absolute atomic E-state index is 0.469. The quantitative estimate of drug-likeness (QED) is 0.171. The van der Waals surface area contributed by atoms with Gasteiger partial charge in [-0.05, 0) is 52.1 Å². The average Bonchev–Trinajstić information content (AvgIpc) is 2.99. The van der Waals surface area contributed by atoms with Crippen LogP contribution in [0.1, 0.15) is 27.8 Å². The van der Waals surface area contributed by atoms with Crippen molar-refractivity contribution in [2.24, 2.45) is 0 Å². The molecule has 0 saturated heterocycles. The molecular weight excluding hydrogens is 468 g/mol. The van der Waals surface area contributed by atoms with Crippen LogP contribution < -0.4 is 14.2 Å². The Hall–Kier alpha value is -4.76. The lowest BCUT2D eigenvalue weighted by Gasteiger charge is -2.14. The summed E-state index contributed by atoms with van der Waals surface area (Å²) in [5.74, 6) is 2.28. The van der Waals surface area contributed by atoms with Gasteiger partial charge in [0.1, 0.15) is 25.6 Å². The third kappa shape index (κ3) is 7.37. The molecule has 0 radical (unpaired) electrons. The van der Waals surface area contributed by atoms with Gasteiger partial charge in [-0.2, -0.15) is 0 Å². The van der Waals surface area contributed by atoms with Crippen LogP contribution >= 0.6 is 0 Å². The lowest BCUT2D eigenvalue weighted by Crippen LogP contribution is -2.00. The van der Waals surface area contributed by atoms with Crippen molar-refractivity contribution in [3.8, 4) is 17.2 Å². The Bertz CT molecular complexity index is 1450. The topological polar surface area (TPSA) is 27.7 Å². The van der Waals surface area contributed by atoms with Crippen LogP contribution in [0.2, 0.25) is 0 Å². The van der Waals surface area contributed by atoms with Gasteiger partial charge < -0.3 is 14.2 Å². The fourth-order valence-electron chi connectivity index (χ4n) is 3.97. The van der Waals surface area contributed by atoms with Gasteiger partial charge in [0.25, 0.3) is 0 Å². The molecule has 0 aliphatic heterocycles. The summed E-state index contributed by atoms with van der Waals surface area (Å²) in [7, 11) is 0. The Labute approximate surface area is 224 Å². The molecule has 0 amide bonds. The lowest BCUT2D eigenvalue weighted by molar-refractivity contribution is 0.256. The van der Waals surface area contributed by atoms with E-state index in [0.29, 0.717) is 25.6 Å². The predicted octanol–water partition coefficient (Wildman–Crippen LogP) is 8.59. The molecule has 0 heterocycles. The van der Waals surface area contributed by atoms with Gasteiger partial charge in [0.2, 0.25) is 0 Å². The third-order valence-electron chi connectivity index (χ3n) is 6.02. The number of rotatable bonds is 11. The van der Waals surface area contributed by atoms with E-state index < -0.39 is 0 Å². The second kappa shape index (κ2) is 13.0. The average molecular weight is 499 g/mol. The van der Waals surface area contributed by atoms with Crippen molar-refractivity contribution in [1.29, 1.82) is 0 Å². The van der Waals surface area contributed by atoms with Gasteiger partial charge in [0, 0.05) is 0 Å². The van der Waals surface area contributed by atoms with Crippen molar-refractivity contribution < 1.29 is 14.2 Å². The number of benzene rings is 5. The van der Waals surface area contributed by atoms with Crippen LogP contribution in [0.4, 0.5) is 0 Å². The standard InChI is InChI=1S/C35H30O3/c1-4-11-30(12-5-1)25-36-33-18-10-17-28(23-33)19-20-29-21-22-34(37-26-31-13-6-2-7-14-31)35(24-29)38-27-32-15-8-3-9-16-32/h1-24H,25-27H2/b20-19+. The highest BCUT2D eigenvalue weighted by Crippen LogP contribution is 2.31. The van der Waals surface area contributed by atoms with Crippen LogP contribution in [0.25, 0.3) is 12.2 Å². The zero-order valence-corrected chi connectivity index (χ0v) is 21.2. The highest BCUT2D eigenvalue weighted by Gasteiger charge is 2.08. The van der Waals surface area contributed by atoms with Gasteiger partial charge in [-0.25, -0.2) is 0 Å². The molecule has 0 aromatic heterocycles. The van der Waals surface area contributed by atoms with Crippen molar-refractivity contribution in [3.63, 3.8) is 0 Å². The van der Waals surface area contributed by atoms with Gasteiger partial charge in [-0.3, -0.25) is 0 Å². The summed E-state index contributed by atoms with van der Waals surface area (Å²) in [6, 6.07) is 44.6. The first kappa shape index (κ1) is 24.9. The Morgan fingerprint density at radius 3 is 1.47 bits per heavy atom. The molecule has 0 aliphatic carbocycles. The summed E-state index contributed by atoms with van der Waals surface area (Å²) in [6.45, 7) is 1.49. The molecule has 0 N–H and O–H groups in total. The molecule has 3 nitrogen and oxygen atoms in total. The van der Waals surface area contributed by atoms with Gasteiger partial charge >= 0.3 is 0 Å². The van der Waals surface area contributed by atoms with E-state index in [4.69, 9.17) is 14.2 Å². The van der Waals surface area contributed by atoms with E-state index in [1.807, 2.05) is 91.0 Å². The molecule has 0 bridgehead atoms. The molecule has 38 heavy (non-hydrogen) atoms. The van der Waals surface area contributed by atoms with Gasteiger partial charge in [-0.15, -0.1) is 0 Å². The molecule has 5 aromatic carbocycles. The summed E-state index contributed by atoms with van der Waals surface area (Å²) < 4.78 is 18.3. The summed E-state index contributed by atoms with van der Waals surface area (Å²) in [4.78, 5) is 0. The van der Waals surface area contributed by atoms with Crippen molar-refractivity contribution in [1.82, 2.24) is 0 Å². The van der Waals surface area contributed by atoms with E-state index in [2.05, 4.69) is 54.6 Å². The summed E-state index contributed by atoms with van der Waals surface area (Å²) in [6.07, 6.45) is 4.16. The van der Waals surface area contributed by atoms with Crippen LogP contribution in [-0.4, -0.2) is 0 Å². The molecule has 0 fully saturated rings. The van der Waals surface area contributed by atoms with Crippen LogP contribution in [0.5, 0.6) is 17.2 Å². The van der Waals surface area contributed by atoms with Crippen molar-refractivity contribution >= 4 is 12.2 Å². The molecule has 0 atom stereocenters. The van der Waals surface area contributed by atoms with Crippen molar-refractivity contribution in [2.45, 2.75) is 19.8 Å². The Morgan fingerprint density at radius 1 is 0.395 bits per heavy atom. The first-order chi connectivity index (χ1) is 18.8. The molecule has 3 heteroatoms. The molecule has 0 spiro atoms. The van der Waals surface area contributed by atoms with E-state index >= 15 is 0 Å². The van der Waals surface area contributed by atoms with E-state index in [1.54, 1.807) is 0 Å². The van der Waals surface area contributed by atoms with E-state index in [9.17, 15) is 0 Å². The smallest absolute Gasteiger partial charge is 0.162 e. The maximum Gasteiger partial charge on any atom is 0.162 e. The molecule has 5 aromatic rings. The Kier molecular flexibility index (Phi) is 8.51. The minimum atomic E-state index is 0.469. The second-order valence-corrected chi connectivity index (χ2v) is 8.93. The first-order valence-corrected chi connectivity index (χ1v) is 12.7. The summed E-state index contributed by atoms with van der Waals surface area (Å²) in [5.41, 5.74) is 5.45. The normalized spacial score (nSPS) is 10.8. The monoisotopic (exact) mass is 498 g/mol. The Morgan fingerprint density at radius 2 is 0.895 bits per heavy atom. The first-order valence-electron chi connectivity index (χ1n) is 12.7. The van der Waals surface area contributed by atoms with Crippen LogP contribution in [-0.2, 0) is 19.8 Å². The SMILES string of the molecule is C(=C\c1ccc(OCc2ccccc2)c(OCc2ccccc2)c1)/c1cccc(OCc2ccccc2)c1. The summed E-state index contributed by atoms with van der Waals surface area (Å²) in [5, 5.41) is 0. The molecule has 5 rings (SSSR count). The summed E-state index contributed by atoms with van der Waals surface area (Å²) >= 11 is 0. The zero-order valence-electron chi connectivity index (χ0n) is 21.2. The molecule has 0 unspecified atom stereocenters. The Balaban J connectivity index is 1.29. The minimum Gasteiger partial charge on any atom is -0.489 e. The van der Waals surface area contributed by atoms with E-state index in [0.717, 1.165) is 39.3 Å². The van der Waals surface area contributed by atoms with Crippen LogP contribution in [0.15, 0.2) is 133 Å². The van der Waals surface area contributed by atoms with E-state index in [-0.39, 0.29) is 0 Å². The number of ether oxygens (including phenoxy) is 3. The lowest BCUT2D eigenvalue weighted by atomic mass is 10.1. The molecule has 0 aliphatic rings. The second-order valence-electron chi connectivity index (χ2n) is 8.93. The third-order valence-corrected chi connectivity index (χ3v) is 6.02. The maximum absolute atomic E-state index is 6.22. The van der Waals surface area contributed by atoms with Crippen LogP contribution in [0, 0.1) is 0 Å². The van der Waals surface area contributed by atoms with Crippen molar-refractivity contribution in [3.05, 3.63) is 161 Å². The van der Waals surface area contributed by atoms with Gasteiger partial charge in [0.15, 0.2) is 11.5 Å². The number of hydrogen-bond acceptors (Lipinski definition) is 3. The zero-order chi connectivity index (χ0) is 25.8. The van der Waals surface area contributed by atoms with E-state index in [1.165, 1.54) is 0 Å². The number of hydrogen-bond donors (Lipinski definition) is 0. The maximum atomic E-state index is 6.22. The van der Waals surface area contributed by atoms with Gasteiger partial charge in [-0.1, -0.05) is 121 Å². The fraction of sp³-hybridized carbons (Fsp3) is 0.0857. The van der Waals surface area contributed by atoms with Crippen molar-refractivity contribution in [2.75, 3.05) is 0 Å². The van der Waals surface area contributed by atoms with Gasteiger partial charge in [0.05, 0.1) is 0 Å². The molecule has 188 valence electrons. The molecular formula is C35H30O3. The highest BCUT2D eigenvalue weighted by molar-refractivity contribution is 5.71. The molecule has 0 saturated carbocycles. The predicted molar refractivity (Wildman–Crippen MR) is 154 cm³/mol. The largest absolute Gasteiger partial charge is 0.489 e.